The standard InChI is InChI=1S/C22H44N10O6/c1-4-11(2)15(20(37)38)31-19(36)16(12(3)33)32-18(35)14(8-6-10-29-22(26)27)30-17(34)13(23)7-5-9-28-21(24)25/h11-16,33H,4-10,23H2,1-3H3,(H,30,34)(H,31,36)(H,32,35)(H,37,38)(H4,24,25,28)(H4,26,27,29). The minimum Gasteiger partial charge on any atom is -0.480 e. The number of aliphatic imine (C=N–C) groups is 2. The van der Waals surface area contributed by atoms with Gasteiger partial charge in [-0.05, 0) is 38.5 Å². The second-order valence-corrected chi connectivity index (χ2v) is 9.00. The molecule has 0 heterocycles. The number of carboxylic acid groups (broad SMARTS) is 1. The number of aliphatic hydroxyl groups excluding tert-OH is 1. The third-order valence-electron chi connectivity index (χ3n) is 5.72. The van der Waals surface area contributed by atoms with Crippen molar-refractivity contribution >= 4 is 35.6 Å². The SMILES string of the molecule is CCC(C)C(NC(=O)C(NC(=O)C(CCCN=C(N)N)NC(=O)C(N)CCCN=C(N)N)C(C)O)C(=O)O. The van der Waals surface area contributed by atoms with Crippen LogP contribution in [0.5, 0.6) is 0 Å². The third-order valence-corrected chi connectivity index (χ3v) is 5.72. The Bertz CT molecular complexity index is 842. The normalized spacial score (nSPS) is 15.5. The molecule has 0 radical (unpaired) electrons. The highest BCUT2D eigenvalue weighted by Gasteiger charge is 2.33. The molecule has 0 aliphatic heterocycles. The third kappa shape index (κ3) is 13.6. The molecule has 0 aliphatic carbocycles. The number of nitrogens with zero attached hydrogens (tertiary/aromatic N) is 2. The van der Waals surface area contributed by atoms with Crippen molar-refractivity contribution in [3.05, 3.63) is 0 Å². The molecule has 15 N–H and O–H groups in total. The molecule has 0 saturated heterocycles. The van der Waals surface area contributed by atoms with Gasteiger partial charge in [0.25, 0.3) is 0 Å². The van der Waals surface area contributed by atoms with E-state index in [4.69, 9.17) is 28.7 Å². The number of aliphatic carboxylic acids is 1. The van der Waals surface area contributed by atoms with Crippen LogP contribution in [0.15, 0.2) is 9.98 Å². The van der Waals surface area contributed by atoms with Gasteiger partial charge in [0, 0.05) is 13.1 Å². The summed E-state index contributed by atoms with van der Waals surface area (Å²) in [5.41, 5.74) is 27.1. The summed E-state index contributed by atoms with van der Waals surface area (Å²) in [7, 11) is 0. The van der Waals surface area contributed by atoms with E-state index in [9.17, 15) is 29.4 Å². The van der Waals surface area contributed by atoms with Gasteiger partial charge in [-0.25, -0.2) is 4.79 Å². The Hall–Kier alpha value is -3.66. The minimum absolute atomic E-state index is 0.0772. The number of carbonyl (C=O) groups is 4. The highest BCUT2D eigenvalue weighted by atomic mass is 16.4. The molecule has 0 spiro atoms. The highest BCUT2D eigenvalue weighted by Crippen LogP contribution is 2.09. The zero-order valence-corrected chi connectivity index (χ0v) is 22.2. The van der Waals surface area contributed by atoms with Crippen LogP contribution in [0.3, 0.4) is 0 Å². The molecule has 0 aromatic heterocycles. The fraction of sp³-hybridized carbons (Fsp3) is 0.727. The molecule has 218 valence electrons. The Morgan fingerprint density at radius 3 is 1.74 bits per heavy atom. The number of guanidine groups is 2. The number of hydrogen-bond acceptors (Lipinski definition) is 8. The zero-order chi connectivity index (χ0) is 29.4. The Morgan fingerprint density at radius 1 is 0.789 bits per heavy atom. The molecule has 0 fully saturated rings. The van der Waals surface area contributed by atoms with E-state index in [0.717, 1.165) is 0 Å². The number of carbonyl (C=O) groups excluding carboxylic acids is 3. The van der Waals surface area contributed by atoms with Gasteiger partial charge in [-0.3, -0.25) is 24.4 Å². The van der Waals surface area contributed by atoms with Crippen molar-refractivity contribution in [1.82, 2.24) is 16.0 Å². The molecule has 0 aromatic carbocycles. The van der Waals surface area contributed by atoms with Gasteiger partial charge in [-0.15, -0.1) is 0 Å². The molecular formula is C22H44N10O6. The Labute approximate surface area is 222 Å². The molecule has 6 atom stereocenters. The average molecular weight is 545 g/mol. The van der Waals surface area contributed by atoms with Crippen LogP contribution < -0.4 is 44.6 Å². The molecule has 16 nitrogen and oxygen atoms in total. The van der Waals surface area contributed by atoms with Gasteiger partial charge in [0.05, 0.1) is 12.1 Å². The maximum absolute atomic E-state index is 13.1. The fourth-order valence-corrected chi connectivity index (χ4v) is 3.29. The average Bonchev–Trinajstić information content (AvgIpc) is 2.83. The van der Waals surface area contributed by atoms with Crippen molar-refractivity contribution in [2.45, 2.75) is 83.1 Å². The van der Waals surface area contributed by atoms with Crippen LogP contribution in [-0.4, -0.2) is 89.2 Å². The van der Waals surface area contributed by atoms with Crippen LogP contribution >= 0.6 is 0 Å². The quantitative estimate of drug-likeness (QED) is 0.0456. The van der Waals surface area contributed by atoms with Crippen molar-refractivity contribution in [1.29, 1.82) is 0 Å². The highest BCUT2D eigenvalue weighted by molar-refractivity contribution is 5.94. The van der Waals surface area contributed by atoms with Gasteiger partial charge in [0.15, 0.2) is 11.9 Å². The molecular weight excluding hydrogens is 500 g/mol. The molecule has 0 aromatic rings. The Morgan fingerprint density at radius 2 is 1.29 bits per heavy atom. The molecule has 0 bridgehead atoms. The second kappa shape index (κ2) is 17.7. The maximum atomic E-state index is 13.1. The van der Waals surface area contributed by atoms with E-state index in [1.54, 1.807) is 13.8 Å². The summed E-state index contributed by atoms with van der Waals surface area (Å²) in [5.74, 6) is -4.18. The lowest BCUT2D eigenvalue weighted by molar-refractivity contribution is -0.144. The number of amides is 3. The summed E-state index contributed by atoms with van der Waals surface area (Å²) < 4.78 is 0. The molecule has 16 heteroatoms. The number of nitrogens with two attached hydrogens (primary N) is 5. The van der Waals surface area contributed by atoms with Crippen molar-refractivity contribution < 1.29 is 29.4 Å². The van der Waals surface area contributed by atoms with Crippen molar-refractivity contribution in [3.8, 4) is 0 Å². The van der Waals surface area contributed by atoms with Gasteiger partial charge < -0.3 is 54.8 Å². The van der Waals surface area contributed by atoms with E-state index in [1.165, 1.54) is 6.92 Å². The molecule has 38 heavy (non-hydrogen) atoms. The summed E-state index contributed by atoms with van der Waals surface area (Å²) in [6, 6.07) is -4.84. The smallest absolute Gasteiger partial charge is 0.326 e. The number of rotatable bonds is 18. The van der Waals surface area contributed by atoms with Gasteiger partial charge in [-0.1, -0.05) is 20.3 Å². The summed E-state index contributed by atoms with van der Waals surface area (Å²) >= 11 is 0. The summed E-state index contributed by atoms with van der Waals surface area (Å²) in [6.45, 7) is 5.12. The fourth-order valence-electron chi connectivity index (χ4n) is 3.29. The molecule has 6 unspecified atom stereocenters. The van der Waals surface area contributed by atoms with Gasteiger partial charge in [-0.2, -0.15) is 0 Å². The van der Waals surface area contributed by atoms with Crippen LogP contribution in [0.1, 0.15) is 52.9 Å². The number of aliphatic hydroxyl groups is 1. The first-order valence-electron chi connectivity index (χ1n) is 12.4. The van der Waals surface area contributed by atoms with E-state index in [1.807, 2.05) is 0 Å². The lowest BCUT2D eigenvalue weighted by Gasteiger charge is -2.27. The van der Waals surface area contributed by atoms with Gasteiger partial charge >= 0.3 is 5.97 Å². The zero-order valence-electron chi connectivity index (χ0n) is 22.2. The topological polar surface area (TPSA) is 300 Å². The first-order valence-corrected chi connectivity index (χ1v) is 12.4. The van der Waals surface area contributed by atoms with Crippen LogP contribution in [0, 0.1) is 5.92 Å². The van der Waals surface area contributed by atoms with Gasteiger partial charge in [0.1, 0.15) is 18.1 Å². The predicted molar refractivity (Wildman–Crippen MR) is 142 cm³/mol. The van der Waals surface area contributed by atoms with E-state index in [0.29, 0.717) is 12.8 Å². The number of carboxylic acids is 1. The van der Waals surface area contributed by atoms with E-state index >= 15 is 0 Å². The minimum atomic E-state index is -1.49. The maximum Gasteiger partial charge on any atom is 0.326 e. The van der Waals surface area contributed by atoms with Crippen molar-refractivity contribution in [3.63, 3.8) is 0 Å². The number of hydrogen-bond donors (Lipinski definition) is 10. The van der Waals surface area contributed by atoms with E-state index in [2.05, 4.69) is 25.9 Å². The molecule has 3 amide bonds. The summed E-state index contributed by atoms with van der Waals surface area (Å²) in [4.78, 5) is 57.8. The first kappa shape index (κ1) is 34.3. The Balaban J connectivity index is 5.53. The molecule has 0 aliphatic rings. The summed E-state index contributed by atoms with van der Waals surface area (Å²) in [6.07, 6.45) is 0.111. The Kier molecular flexibility index (Phi) is 16.0. The second-order valence-electron chi connectivity index (χ2n) is 9.00. The van der Waals surface area contributed by atoms with Crippen LogP contribution in [0.25, 0.3) is 0 Å². The summed E-state index contributed by atoms with van der Waals surface area (Å²) in [5, 5.41) is 26.9. The largest absolute Gasteiger partial charge is 0.480 e. The van der Waals surface area contributed by atoms with E-state index < -0.39 is 59.9 Å². The molecule has 0 saturated carbocycles. The first-order chi connectivity index (χ1) is 17.7. The van der Waals surface area contributed by atoms with Crippen molar-refractivity contribution in [2.24, 2.45) is 44.6 Å². The van der Waals surface area contributed by atoms with Crippen molar-refractivity contribution in [2.75, 3.05) is 13.1 Å². The lowest BCUT2D eigenvalue weighted by atomic mass is 9.98. The molecule has 0 rings (SSSR count). The van der Waals surface area contributed by atoms with Gasteiger partial charge in [0.2, 0.25) is 17.7 Å². The predicted octanol–water partition coefficient (Wildman–Crippen LogP) is -3.61. The van der Waals surface area contributed by atoms with Crippen LogP contribution in [-0.2, 0) is 19.2 Å². The lowest BCUT2D eigenvalue weighted by Crippen LogP contribution is -2.60. The monoisotopic (exact) mass is 544 g/mol. The van der Waals surface area contributed by atoms with Crippen LogP contribution in [0.4, 0.5) is 0 Å². The van der Waals surface area contributed by atoms with Crippen LogP contribution in [0.2, 0.25) is 0 Å². The van der Waals surface area contributed by atoms with E-state index in [-0.39, 0.29) is 44.3 Å². The number of nitrogens with one attached hydrogen (secondary N) is 3.